The molecule has 24 heavy (non-hydrogen) atoms. The van der Waals surface area contributed by atoms with Gasteiger partial charge in [-0.05, 0) is 58.6 Å². The van der Waals surface area contributed by atoms with Gasteiger partial charge in [0.15, 0.2) is 0 Å². The molecule has 1 aromatic carbocycles. The number of fused-ring (bicyclic) bond motifs is 2. The van der Waals surface area contributed by atoms with Gasteiger partial charge in [0.1, 0.15) is 0 Å². The summed E-state index contributed by atoms with van der Waals surface area (Å²) in [5.74, 6) is 0.918. The standard InChI is InChI=1S/C23H23Br/c1-14-11-20-15(2)19-10-9-18(24)12-16(19)13-21(20)22(14)23(3,4)17-7-5-6-8-17/h5-13,15,17H,1-4H3. The Kier molecular flexibility index (Phi) is 3.61. The van der Waals surface area contributed by atoms with Gasteiger partial charge in [0.25, 0.3) is 0 Å². The third kappa shape index (κ3) is 2.25. The highest BCUT2D eigenvalue weighted by Gasteiger charge is 2.39. The summed E-state index contributed by atoms with van der Waals surface area (Å²) >= 11 is 3.63. The lowest BCUT2D eigenvalue weighted by Crippen LogP contribution is -2.25. The second-order valence-corrected chi connectivity index (χ2v) is 8.64. The first-order valence-corrected chi connectivity index (χ1v) is 9.48. The number of halogens is 1. The monoisotopic (exact) mass is 378 g/mol. The Morgan fingerprint density at radius 2 is 1.75 bits per heavy atom. The van der Waals surface area contributed by atoms with E-state index in [1.807, 2.05) is 0 Å². The minimum Gasteiger partial charge on any atom is -0.0768 e. The van der Waals surface area contributed by atoms with Gasteiger partial charge < -0.3 is 0 Å². The van der Waals surface area contributed by atoms with Crippen LogP contribution < -0.4 is 0 Å². The van der Waals surface area contributed by atoms with Crippen molar-refractivity contribution in [2.45, 2.75) is 33.6 Å². The summed E-state index contributed by atoms with van der Waals surface area (Å²) in [5.41, 5.74) is 8.75. The van der Waals surface area contributed by atoms with Gasteiger partial charge in [-0.15, -0.1) is 0 Å². The maximum Gasteiger partial charge on any atom is 0.0181 e. The Morgan fingerprint density at radius 3 is 2.46 bits per heavy atom. The van der Waals surface area contributed by atoms with Crippen molar-refractivity contribution in [1.82, 2.24) is 0 Å². The number of hydrogen-bond donors (Lipinski definition) is 0. The van der Waals surface area contributed by atoms with Crippen LogP contribution in [0.25, 0.3) is 6.08 Å². The third-order valence-electron chi connectivity index (χ3n) is 5.85. The Morgan fingerprint density at radius 1 is 1.04 bits per heavy atom. The summed E-state index contributed by atoms with van der Waals surface area (Å²) in [5, 5.41) is 0. The molecule has 0 spiro atoms. The van der Waals surface area contributed by atoms with Crippen molar-refractivity contribution < 1.29 is 0 Å². The molecule has 0 heterocycles. The minimum atomic E-state index is 0.0981. The highest BCUT2D eigenvalue weighted by molar-refractivity contribution is 9.10. The fourth-order valence-corrected chi connectivity index (χ4v) is 4.96. The predicted octanol–water partition coefficient (Wildman–Crippen LogP) is 6.97. The van der Waals surface area contributed by atoms with E-state index >= 15 is 0 Å². The second kappa shape index (κ2) is 5.46. The van der Waals surface area contributed by atoms with E-state index < -0.39 is 0 Å². The van der Waals surface area contributed by atoms with Crippen LogP contribution >= 0.6 is 15.9 Å². The molecule has 0 aliphatic heterocycles. The van der Waals surface area contributed by atoms with E-state index in [0.717, 1.165) is 4.47 Å². The molecule has 3 aliphatic rings. The second-order valence-electron chi connectivity index (χ2n) is 7.73. The lowest BCUT2D eigenvalue weighted by Gasteiger charge is -2.36. The van der Waals surface area contributed by atoms with Crippen molar-refractivity contribution in [3.8, 4) is 0 Å². The third-order valence-corrected chi connectivity index (χ3v) is 6.35. The maximum absolute atomic E-state index is 3.63. The molecule has 0 radical (unpaired) electrons. The molecule has 3 aliphatic carbocycles. The highest BCUT2D eigenvalue weighted by atomic mass is 79.9. The maximum atomic E-state index is 3.63. The summed E-state index contributed by atoms with van der Waals surface area (Å²) in [4.78, 5) is 0. The summed E-state index contributed by atoms with van der Waals surface area (Å²) in [7, 11) is 0. The zero-order valence-electron chi connectivity index (χ0n) is 14.7. The molecule has 0 saturated carbocycles. The molecule has 0 N–H and O–H groups in total. The molecule has 0 saturated heterocycles. The minimum absolute atomic E-state index is 0.0981. The molecular weight excluding hydrogens is 356 g/mol. The van der Waals surface area contributed by atoms with Gasteiger partial charge in [0.2, 0.25) is 0 Å². The lowest BCUT2D eigenvalue weighted by atomic mass is 9.68. The van der Waals surface area contributed by atoms with Gasteiger partial charge in [-0.1, -0.05) is 73.1 Å². The number of hydrogen-bond acceptors (Lipinski definition) is 0. The molecule has 0 bridgehead atoms. The smallest absolute Gasteiger partial charge is 0.0181 e. The Hall–Kier alpha value is -1.60. The first-order chi connectivity index (χ1) is 11.4. The zero-order valence-corrected chi connectivity index (χ0v) is 16.3. The summed E-state index contributed by atoms with van der Waals surface area (Å²) in [6.45, 7) is 9.38. The van der Waals surface area contributed by atoms with Gasteiger partial charge in [0, 0.05) is 21.7 Å². The van der Waals surface area contributed by atoms with E-state index in [9.17, 15) is 0 Å². The van der Waals surface area contributed by atoms with Crippen LogP contribution in [0, 0.1) is 11.3 Å². The molecule has 4 rings (SSSR count). The largest absolute Gasteiger partial charge is 0.0768 e. The lowest BCUT2D eigenvalue weighted by molar-refractivity contribution is 0.381. The molecule has 1 aromatic rings. The summed E-state index contributed by atoms with van der Waals surface area (Å²) in [6, 6.07) is 6.67. The highest BCUT2D eigenvalue weighted by Crippen LogP contribution is 2.53. The number of allylic oxidation sites excluding steroid dienone is 9. The average Bonchev–Trinajstić information content (AvgIpc) is 3.15. The molecule has 0 amide bonds. The van der Waals surface area contributed by atoms with Crippen LogP contribution in [0.15, 0.2) is 75.3 Å². The van der Waals surface area contributed by atoms with Crippen molar-refractivity contribution >= 4 is 22.0 Å². The fraction of sp³-hybridized carbons (Fsp3) is 0.304. The van der Waals surface area contributed by atoms with Gasteiger partial charge in [-0.2, -0.15) is 0 Å². The molecule has 1 unspecified atom stereocenters. The van der Waals surface area contributed by atoms with E-state index in [4.69, 9.17) is 0 Å². The van der Waals surface area contributed by atoms with Gasteiger partial charge in [-0.25, -0.2) is 0 Å². The molecule has 122 valence electrons. The number of rotatable bonds is 2. The molecule has 1 atom stereocenters. The van der Waals surface area contributed by atoms with E-state index in [1.165, 1.54) is 33.4 Å². The first kappa shape index (κ1) is 15.9. The fourth-order valence-electron chi connectivity index (χ4n) is 4.58. The van der Waals surface area contributed by atoms with E-state index in [2.05, 4.69) is 98.3 Å². The van der Waals surface area contributed by atoms with Gasteiger partial charge in [-0.3, -0.25) is 0 Å². The van der Waals surface area contributed by atoms with Crippen LogP contribution in [-0.4, -0.2) is 0 Å². The van der Waals surface area contributed by atoms with Crippen LogP contribution in [0.3, 0.4) is 0 Å². The van der Waals surface area contributed by atoms with E-state index in [-0.39, 0.29) is 5.41 Å². The summed E-state index contributed by atoms with van der Waals surface area (Å²) < 4.78 is 1.15. The zero-order chi connectivity index (χ0) is 17.1. The van der Waals surface area contributed by atoms with Crippen LogP contribution in [0.2, 0.25) is 0 Å². The Bertz CT molecular complexity index is 859. The summed E-state index contributed by atoms with van der Waals surface area (Å²) in [6.07, 6.45) is 13.8. The molecule has 0 fully saturated rings. The van der Waals surface area contributed by atoms with Crippen molar-refractivity contribution in [2.75, 3.05) is 0 Å². The van der Waals surface area contributed by atoms with Crippen molar-refractivity contribution in [3.63, 3.8) is 0 Å². The van der Waals surface area contributed by atoms with Crippen LogP contribution in [-0.2, 0) is 0 Å². The molecule has 0 aromatic heterocycles. The Labute approximate surface area is 153 Å². The van der Waals surface area contributed by atoms with Crippen molar-refractivity contribution in [2.24, 2.45) is 11.3 Å². The van der Waals surface area contributed by atoms with E-state index in [1.54, 1.807) is 0 Å². The van der Waals surface area contributed by atoms with Crippen LogP contribution in [0.1, 0.15) is 44.7 Å². The van der Waals surface area contributed by atoms with Crippen LogP contribution in [0.4, 0.5) is 0 Å². The van der Waals surface area contributed by atoms with Crippen molar-refractivity contribution in [3.05, 3.63) is 86.5 Å². The van der Waals surface area contributed by atoms with Gasteiger partial charge in [0.05, 0.1) is 0 Å². The average molecular weight is 379 g/mol. The quantitative estimate of drug-likeness (QED) is 0.520. The van der Waals surface area contributed by atoms with E-state index in [0.29, 0.717) is 11.8 Å². The van der Waals surface area contributed by atoms with Gasteiger partial charge >= 0.3 is 0 Å². The molecular formula is C23H23Br. The first-order valence-electron chi connectivity index (χ1n) is 8.69. The van der Waals surface area contributed by atoms with Crippen molar-refractivity contribution in [1.29, 1.82) is 0 Å². The Balaban J connectivity index is 1.86. The number of benzene rings is 1. The topological polar surface area (TPSA) is 0 Å². The van der Waals surface area contributed by atoms with Crippen LogP contribution in [0.5, 0.6) is 0 Å². The molecule has 1 heteroatoms. The molecule has 0 nitrogen and oxygen atoms in total. The SMILES string of the molecule is CC1=C(C(C)(C)C2C=CC=C2)C2=Cc3cc(Br)ccc3C(C)C2=C1. The normalized spacial score (nSPS) is 22.6. The predicted molar refractivity (Wildman–Crippen MR) is 107 cm³/mol.